The highest BCUT2D eigenvalue weighted by atomic mass is 31.2. The van der Waals surface area contributed by atoms with E-state index in [1.54, 1.807) is 41.5 Å². The van der Waals surface area contributed by atoms with Gasteiger partial charge in [-0.2, -0.15) is 0 Å². The van der Waals surface area contributed by atoms with E-state index in [0.717, 1.165) is 0 Å². The molecule has 0 spiro atoms. The Hall–Kier alpha value is 0.982. The maximum atomic E-state index is 12.4. The van der Waals surface area contributed by atoms with Gasteiger partial charge in [0.2, 0.25) is 0 Å². The summed E-state index contributed by atoms with van der Waals surface area (Å²) in [5, 5.41) is 0. The summed E-state index contributed by atoms with van der Waals surface area (Å²) in [6.07, 6.45) is -1.15. The Kier molecular flexibility index (Phi) is 10.9. The fourth-order valence-corrected chi connectivity index (χ4v) is 9.90. The molecule has 150 valence electrons. The predicted octanol–water partition coefficient (Wildman–Crippen LogP) is 4.76. The summed E-state index contributed by atoms with van der Waals surface area (Å²) in [5.41, 5.74) is 0. The van der Waals surface area contributed by atoms with Crippen LogP contribution in [-0.4, -0.2) is 53.5 Å². The zero-order valence-corrected chi connectivity index (χ0v) is 20.2. The van der Waals surface area contributed by atoms with Crippen LogP contribution in [0.3, 0.4) is 0 Å². The third-order valence-corrected chi connectivity index (χ3v) is 11.1. The van der Waals surface area contributed by atoms with E-state index in [1.165, 1.54) is 20.0 Å². The van der Waals surface area contributed by atoms with Crippen LogP contribution in [-0.2, 0) is 38.0 Å². The predicted molar refractivity (Wildman–Crippen MR) is 98.3 cm³/mol. The van der Waals surface area contributed by atoms with E-state index >= 15 is 0 Å². The van der Waals surface area contributed by atoms with Gasteiger partial charge < -0.3 is 24.3 Å². The van der Waals surface area contributed by atoms with Crippen LogP contribution in [0.15, 0.2) is 0 Å². The average molecular weight is 438 g/mol. The van der Waals surface area contributed by atoms with Crippen molar-refractivity contribution in [3.8, 4) is 0 Å². The molecule has 0 aliphatic heterocycles. The van der Waals surface area contributed by atoms with Gasteiger partial charge in [-0.25, -0.2) is 0 Å². The van der Waals surface area contributed by atoms with Gasteiger partial charge in [-0.05, 0) is 41.5 Å². The molecule has 0 heterocycles. The highest BCUT2D eigenvalue weighted by Crippen LogP contribution is 2.55. The standard InChI is InChI=1S/3C4H11O3P.Al/c3*1-4(2)7-8(3,5)6;/h3*4H,1-3H3,(H,5,6);/q;;;+3/p-3. The Bertz CT molecular complexity index is 476. The fourth-order valence-electron chi connectivity index (χ4n) is 1.75. The Morgan fingerprint density at radius 1 is 0.560 bits per heavy atom. The van der Waals surface area contributed by atoms with E-state index in [4.69, 9.17) is 24.3 Å². The van der Waals surface area contributed by atoms with Crippen LogP contribution >= 0.6 is 22.8 Å². The molecule has 0 radical (unpaired) electrons. The van der Waals surface area contributed by atoms with E-state index in [1.807, 2.05) is 0 Å². The fraction of sp³-hybridized carbons (Fsp3) is 1.00. The molecule has 0 aliphatic rings. The van der Waals surface area contributed by atoms with Crippen molar-refractivity contribution in [2.75, 3.05) is 20.0 Å². The monoisotopic (exact) mass is 438 g/mol. The molecule has 0 aromatic rings. The van der Waals surface area contributed by atoms with Gasteiger partial charge in [-0.3, -0.25) is 13.7 Å². The first-order chi connectivity index (χ1) is 11.0. The van der Waals surface area contributed by atoms with Gasteiger partial charge in [0.25, 0.3) is 0 Å². The van der Waals surface area contributed by atoms with Crippen molar-refractivity contribution in [2.24, 2.45) is 0 Å². The minimum Gasteiger partial charge on any atom is -0.385 e. The minimum atomic E-state index is -3.59. The molecule has 3 unspecified atom stereocenters. The largest absolute Gasteiger partial charge is 0.926 e. The first kappa shape index (κ1) is 26.0. The van der Waals surface area contributed by atoms with Crippen LogP contribution in [0.1, 0.15) is 41.5 Å². The van der Waals surface area contributed by atoms with Crippen molar-refractivity contribution in [1.29, 1.82) is 0 Å². The third-order valence-electron chi connectivity index (χ3n) is 2.04. The summed E-state index contributed by atoms with van der Waals surface area (Å²) >= 11 is -3.45. The lowest BCUT2D eigenvalue weighted by Crippen LogP contribution is -2.26. The van der Waals surface area contributed by atoms with Crippen molar-refractivity contribution in [2.45, 2.75) is 59.9 Å². The lowest BCUT2D eigenvalue weighted by Gasteiger charge is -2.26. The molecule has 13 heteroatoms. The summed E-state index contributed by atoms with van der Waals surface area (Å²) in [5.74, 6) is 0. The lowest BCUT2D eigenvalue weighted by atomic mass is 10.5. The molecule has 0 amide bonds. The SMILES string of the molecule is CC(C)OP(C)(=O)[O][Al]([O]P(C)(=O)OC(C)C)[O]P(C)(=O)OC(C)C. The Morgan fingerprint density at radius 2 is 0.760 bits per heavy atom. The van der Waals surface area contributed by atoms with Crippen LogP contribution in [0.25, 0.3) is 0 Å². The number of hydrogen-bond acceptors (Lipinski definition) is 9. The van der Waals surface area contributed by atoms with Crippen molar-refractivity contribution in [3.63, 3.8) is 0 Å². The van der Waals surface area contributed by atoms with Crippen molar-refractivity contribution in [3.05, 3.63) is 0 Å². The van der Waals surface area contributed by atoms with Crippen LogP contribution in [0.5, 0.6) is 0 Å². The van der Waals surface area contributed by atoms with Crippen LogP contribution < -0.4 is 0 Å². The summed E-state index contributed by atoms with van der Waals surface area (Å²) in [4.78, 5) is 0. The van der Waals surface area contributed by atoms with Gasteiger partial charge in [-0.15, -0.1) is 0 Å². The van der Waals surface area contributed by atoms with Gasteiger partial charge in [0.1, 0.15) is 0 Å². The van der Waals surface area contributed by atoms with Gasteiger partial charge in [0, 0.05) is 20.0 Å². The topological polar surface area (TPSA) is 107 Å². The molecule has 0 rings (SSSR count). The molecule has 0 aliphatic carbocycles. The molecule has 9 nitrogen and oxygen atoms in total. The van der Waals surface area contributed by atoms with E-state index in [2.05, 4.69) is 0 Å². The van der Waals surface area contributed by atoms with Crippen molar-refractivity contribution < 1.29 is 38.0 Å². The molecule has 0 saturated carbocycles. The summed E-state index contributed by atoms with van der Waals surface area (Å²) < 4.78 is 68.8. The van der Waals surface area contributed by atoms with Crippen molar-refractivity contribution in [1.82, 2.24) is 0 Å². The smallest absolute Gasteiger partial charge is 0.385 e. The van der Waals surface area contributed by atoms with E-state index in [9.17, 15) is 13.7 Å². The normalized spacial score (nSPS) is 19.7. The molecule has 3 atom stereocenters. The quantitative estimate of drug-likeness (QED) is 0.315. The number of hydrogen-bond donors (Lipinski definition) is 0. The lowest BCUT2D eigenvalue weighted by molar-refractivity contribution is 0.162. The second-order valence-electron chi connectivity index (χ2n) is 6.38. The average Bonchev–Trinajstić information content (AvgIpc) is 2.18. The first-order valence-electron chi connectivity index (χ1n) is 7.86. The molecule has 0 bridgehead atoms. The minimum absolute atomic E-state index is 0.383. The molecular weight excluding hydrogens is 408 g/mol. The summed E-state index contributed by atoms with van der Waals surface area (Å²) in [6, 6.07) is 0. The maximum Gasteiger partial charge on any atom is 0.926 e. The molecule has 0 saturated heterocycles. The van der Waals surface area contributed by atoms with Gasteiger partial charge in [-0.1, -0.05) is 0 Å². The van der Waals surface area contributed by atoms with E-state index < -0.39 is 37.9 Å². The van der Waals surface area contributed by atoms with Crippen LogP contribution in [0, 0.1) is 0 Å². The molecular formula is C12H30AlO9P3. The van der Waals surface area contributed by atoms with Gasteiger partial charge in [0.05, 0.1) is 18.3 Å². The Labute approximate surface area is 156 Å². The van der Waals surface area contributed by atoms with Crippen molar-refractivity contribution >= 4 is 37.9 Å². The molecule has 0 aromatic carbocycles. The van der Waals surface area contributed by atoms with E-state index in [0.29, 0.717) is 0 Å². The second-order valence-corrected chi connectivity index (χ2v) is 14.7. The second kappa shape index (κ2) is 10.5. The molecule has 0 fully saturated rings. The van der Waals surface area contributed by atoms with E-state index in [-0.39, 0.29) is 18.3 Å². The first-order valence-corrected chi connectivity index (χ1v) is 15.2. The third kappa shape index (κ3) is 13.7. The van der Waals surface area contributed by atoms with Gasteiger partial charge >= 0.3 is 37.9 Å². The van der Waals surface area contributed by atoms with Crippen LogP contribution in [0.2, 0.25) is 0 Å². The zero-order valence-electron chi connectivity index (χ0n) is 16.3. The Balaban J connectivity index is 5.34. The summed E-state index contributed by atoms with van der Waals surface area (Å²) in [7, 11) is -10.8. The summed E-state index contributed by atoms with van der Waals surface area (Å²) in [6.45, 7) is 13.8. The maximum absolute atomic E-state index is 12.4. The number of rotatable bonds is 12. The molecule has 0 aromatic heterocycles. The highest BCUT2D eigenvalue weighted by Gasteiger charge is 2.48. The molecule has 0 N–H and O–H groups in total. The Morgan fingerprint density at radius 3 is 0.920 bits per heavy atom. The zero-order chi connectivity index (χ0) is 20.1. The highest BCUT2D eigenvalue weighted by molar-refractivity contribution is 7.57. The van der Waals surface area contributed by atoms with Gasteiger partial charge in [0.15, 0.2) is 0 Å². The van der Waals surface area contributed by atoms with Crippen LogP contribution in [0.4, 0.5) is 0 Å². The molecule has 25 heavy (non-hydrogen) atoms.